The van der Waals surface area contributed by atoms with E-state index < -0.39 is 12.1 Å². The molecule has 1 atom stereocenters. The number of unbranched alkanes of at least 4 members (excludes halogenated alkanes) is 24. The third-order valence-electron chi connectivity index (χ3n) is 11.8. The zero-order valence-electron chi connectivity index (χ0n) is 44.3. The Morgan fingerprint density at radius 2 is 0.632 bits per heavy atom. The Hall–Kier alpha value is -3.67. The second-order valence-electron chi connectivity index (χ2n) is 18.5. The molecule has 0 heterocycles. The Bertz CT molecular complexity index is 1360. The van der Waals surface area contributed by atoms with Crippen molar-refractivity contribution in [2.24, 2.45) is 0 Å². The largest absolute Gasteiger partial charge is 0.462 e. The van der Waals surface area contributed by atoms with Gasteiger partial charge in [-0.2, -0.15) is 0 Å². The van der Waals surface area contributed by atoms with Crippen LogP contribution in [0.15, 0.2) is 97.2 Å². The first-order chi connectivity index (χ1) is 33.5. The fraction of sp³-hybridized carbons (Fsp3) is 0.694. The summed E-state index contributed by atoms with van der Waals surface area (Å²) in [6.07, 6.45) is 74.2. The molecule has 0 spiro atoms. The molecular weight excluding hydrogens is 841 g/mol. The Balaban J connectivity index is 4.50. The van der Waals surface area contributed by atoms with E-state index in [2.05, 4.69) is 106 Å². The van der Waals surface area contributed by atoms with Crippen LogP contribution in [0.3, 0.4) is 0 Å². The molecule has 0 saturated carbocycles. The molecule has 68 heavy (non-hydrogen) atoms. The van der Waals surface area contributed by atoms with E-state index in [0.29, 0.717) is 12.8 Å². The second-order valence-corrected chi connectivity index (χ2v) is 18.5. The number of carbonyl (C=O) groups is 3. The van der Waals surface area contributed by atoms with Crippen molar-refractivity contribution in [2.75, 3.05) is 13.2 Å². The van der Waals surface area contributed by atoms with E-state index in [9.17, 15) is 14.4 Å². The molecule has 0 aliphatic heterocycles. The standard InChI is InChI=1S/C62H104O6/c1-4-7-10-13-16-19-22-25-28-30-32-34-37-40-43-46-49-52-55-61(64)67-58-59(57-66-60(63)54-51-48-45-42-39-36-33-27-24-21-18-15-12-9-6-3)68-62(65)56-53-50-47-44-41-38-35-31-29-26-23-20-17-14-11-8-5-2/h9,12,18-19,21-22,26-30,33,39,42,48,51,59H,4-8,10-11,13-17,20,23-25,31-32,34-38,40-41,43-47,49-50,52-58H2,1-3H3/b12-9-,21-18-,22-19-,29-26-,30-28-,33-27-,42-39-,51-48-. The summed E-state index contributed by atoms with van der Waals surface area (Å²) in [6.45, 7) is 6.41. The first kappa shape index (κ1) is 64.3. The van der Waals surface area contributed by atoms with Gasteiger partial charge in [0.15, 0.2) is 6.10 Å². The summed E-state index contributed by atoms with van der Waals surface area (Å²) in [6, 6.07) is 0. The number of carbonyl (C=O) groups excluding carboxylic acids is 3. The minimum absolute atomic E-state index is 0.114. The first-order valence-corrected chi connectivity index (χ1v) is 28.2. The Morgan fingerprint density at radius 3 is 1.06 bits per heavy atom. The number of rotatable bonds is 50. The van der Waals surface area contributed by atoms with Gasteiger partial charge in [0.1, 0.15) is 13.2 Å². The lowest BCUT2D eigenvalue weighted by Gasteiger charge is -2.18. The lowest BCUT2D eigenvalue weighted by Crippen LogP contribution is -2.30. The van der Waals surface area contributed by atoms with Crippen molar-refractivity contribution in [2.45, 2.75) is 264 Å². The Labute approximate surface area is 419 Å². The highest BCUT2D eigenvalue weighted by atomic mass is 16.6. The van der Waals surface area contributed by atoms with Gasteiger partial charge in [0, 0.05) is 12.8 Å². The molecule has 0 bridgehead atoms. The maximum absolute atomic E-state index is 12.8. The Morgan fingerprint density at radius 1 is 0.324 bits per heavy atom. The molecule has 0 rings (SSSR count). The van der Waals surface area contributed by atoms with E-state index in [-0.39, 0.29) is 31.6 Å². The number of hydrogen-bond acceptors (Lipinski definition) is 6. The molecule has 6 heteroatoms. The molecule has 0 aromatic heterocycles. The third-order valence-corrected chi connectivity index (χ3v) is 11.8. The number of esters is 3. The highest BCUT2D eigenvalue weighted by Crippen LogP contribution is 2.14. The van der Waals surface area contributed by atoms with Gasteiger partial charge < -0.3 is 14.2 Å². The van der Waals surface area contributed by atoms with Crippen LogP contribution in [-0.2, 0) is 28.6 Å². The maximum Gasteiger partial charge on any atom is 0.309 e. The van der Waals surface area contributed by atoms with Crippen molar-refractivity contribution in [3.63, 3.8) is 0 Å². The highest BCUT2D eigenvalue weighted by molar-refractivity contribution is 5.72. The van der Waals surface area contributed by atoms with Gasteiger partial charge in [-0.3, -0.25) is 14.4 Å². The summed E-state index contributed by atoms with van der Waals surface area (Å²) in [7, 11) is 0. The molecular formula is C62H104O6. The van der Waals surface area contributed by atoms with Crippen LogP contribution in [0.25, 0.3) is 0 Å². The number of allylic oxidation sites excluding steroid dienone is 15. The minimum atomic E-state index is -0.824. The van der Waals surface area contributed by atoms with Crippen LogP contribution >= 0.6 is 0 Å². The number of ether oxygens (including phenoxy) is 3. The SMILES string of the molecule is CC/C=C\C/C=C\C/C=C\C/C=C\C/C=C\CC(=O)OCC(COC(=O)CCCCCCCCC/C=C\C/C=C\CCCCCC)OC(=O)CCCCCCCCC/C=C\CCCCCCCC. The minimum Gasteiger partial charge on any atom is -0.462 e. The van der Waals surface area contributed by atoms with Crippen LogP contribution in [0.5, 0.6) is 0 Å². The van der Waals surface area contributed by atoms with E-state index >= 15 is 0 Å². The zero-order valence-corrected chi connectivity index (χ0v) is 44.3. The molecule has 0 aromatic carbocycles. The molecule has 1 unspecified atom stereocenters. The fourth-order valence-corrected chi connectivity index (χ4v) is 7.60. The van der Waals surface area contributed by atoms with Crippen molar-refractivity contribution in [1.82, 2.24) is 0 Å². The van der Waals surface area contributed by atoms with E-state index in [4.69, 9.17) is 14.2 Å². The summed E-state index contributed by atoms with van der Waals surface area (Å²) in [5, 5.41) is 0. The van der Waals surface area contributed by atoms with Crippen LogP contribution in [-0.4, -0.2) is 37.2 Å². The topological polar surface area (TPSA) is 78.9 Å². The second kappa shape index (κ2) is 55.9. The monoisotopic (exact) mass is 945 g/mol. The molecule has 6 nitrogen and oxygen atoms in total. The van der Waals surface area contributed by atoms with Gasteiger partial charge in [-0.05, 0) is 103 Å². The van der Waals surface area contributed by atoms with Gasteiger partial charge in [0.2, 0.25) is 0 Å². The van der Waals surface area contributed by atoms with Crippen LogP contribution in [0.1, 0.15) is 258 Å². The molecule has 0 aliphatic carbocycles. The van der Waals surface area contributed by atoms with Crippen molar-refractivity contribution in [3.8, 4) is 0 Å². The van der Waals surface area contributed by atoms with Gasteiger partial charge in [-0.1, -0.05) is 234 Å². The molecule has 0 amide bonds. The van der Waals surface area contributed by atoms with Gasteiger partial charge in [-0.25, -0.2) is 0 Å². The molecule has 0 saturated heterocycles. The van der Waals surface area contributed by atoms with Gasteiger partial charge in [0.05, 0.1) is 6.42 Å². The molecule has 0 aliphatic rings. The van der Waals surface area contributed by atoms with Crippen LogP contribution < -0.4 is 0 Å². The van der Waals surface area contributed by atoms with Crippen molar-refractivity contribution >= 4 is 17.9 Å². The molecule has 0 aromatic rings. The smallest absolute Gasteiger partial charge is 0.309 e. The van der Waals surface area contributed by atoms with Gasteiger partial charge in [-0.15, -0.1) is 0 Å². The molecule has 388 valence electrons. The lowest BCUT2D eigenvalue weighted by atomic mass is 10.1. The predicted octanol–water partition coefficient (Wildman–Crippen LogP) is 18.9. The summed E-state index contributed by atoms with van der Waals surface area (Å²) < 4.78 is 16.7. The first-order valence-electron chi connectivity index (χ1n) is 28.2. The average molecular weight is 946 g/mol. The van der Waals surface area contributed by atoms with E-state index in [1.165, 1.54) is 135 Å². The quantitative estimate of drug-likeness (QED) is 0.0262. The zero-order chi connectivity index (χ0) is 49.3. The third kappa shape index (κ3) is 53.3. The van der Waals surface area contributed by atoms with Crippen LogP contribution in [0.2, 0.25) is 0 Å². The highest BCUT2D eigenvalue weighted by Gasteiger charge is 2.19. The summed E-state index contributed by atoms with van der Waals surface area (Å²) >= 11 is 0. The maximum atomic E-state index is 12.8. The van der Waals surface area contributed by atoms with Crippen molar-refractivity contribution in [1.29, 1.82) is 0 Å². The van der Waals surface area contributed by atoms with E-state index in [1.807, 2.05) is 6.08 Å². The molecule has 0 fully saturated rings. The predicted molar refractivity (Wildman–Crippen MR) is 293 cm³/mol. The number of hydrogen-bond donors (Lipinski definition) is 0. The fourth-order valence-electron chi connectivity index (χ4n) is 7.60. The molecule has 0 N–H and O–H groups in total. The van der Waals surface area contributed by atoms with E-state index in [1.54, 1.807) is 6.08 Å². The van der Waals surface area contributed by atoms with E-state index in [0.717, 1.165) is 83.5 Å². The lowest BCUT2D eigenvalue weighted by molar-refractivity contribution is -0.166. The summed E-state index contributed by atoms with van der Waals surface area (Å²) in [4.78, 5) is 38.1. The van der Waals surface area contributed by atoms with Gasteiger partial charge >= 0.3 is 17.9 Å². The average Bonchev–Trinajstić information content (AvgIpc) is 3.34. The van der Waals surface area contributed by atoms with Crippen LogP contribution in [0.4, 0.5) is 0 Å². The Kier molecular flexibility index (Phi) is 52.9. The van der Waals surface area contributed by atoms with Gasteiger partial charge in [0.25, 0.3) is 0 Å². The van der Waals surface area contributed by atoms with Crippen LogP contribution in [0, 0.1) is 0 Å². The van der Waals surface area contributed by atoms with Crippen molar-refractivity contribution in [3.05, 3.63) is 97.2 Å². The summed E-state index contributed by atoms with van der Waals surface area (Å²) in [5.74, 6) is -1.06. The summed E-state index contributed by atoms with van der Waals surface area (Å²) in [5.41, 5.74) is 0. The molecule has 0 radical (unpaired) electrons. The normalized spacial score (nSPS) is 12.8. The van der Waals surface area contributed by atoms with Crippen molar-refractivity contribution < 1.29 is 28.6 Å².